The lowest BCUT2D eigenvalue weighted by Gasteiger charge is -2.21. The summed E-state index contributed by atoms with van der Waals surface area (Å²) in [5, 5.41) is 4.52. The molecule has 1 heterocycles. The van der Waals surface area contributed by atoms with Crippen molar-refractivity contribution >= 4 is 11.5 Å². The van der Waals surface area contributed by atoms with Gasteiger partial charge in [0.25, 0.3) is 0 Å². The molecule has 0 saturated carbocycles. The molecule has 0 aliphatic rings. The number of nitrogens with zero attached hydrogens (tertiary/aromatic N) is 3. The van der Waals surface area contributed by atoms with E-state index in [2.05, 4.69) is 48.2 Å². The summed E-state index contributed by atoms with van der Waals surface area (Å²) in [4.78, 5) is 2.18. The molecule has 19 heavy (non-hydrogen) atoms. The van der Waals surface area contributed by atoms with Gasteiger partial charge in [0.15, 0.2) is 0 Å². The van der Waals surface area contributed by atoms with Gasteiger partial charge in [0, 0.05) is 25.3 Å². The van der Waals surface area contributed by atoms with E-state index >= 15 is 0 Å². The van der Waals surface area contributed by atoms with E-state index < -0.39 is 0 Å². The molecule has 0 atom stereocenters. The average Bonchev–Trinajstić information content (AvgIpc) is 2.64. The Morgan fingerprint density at radius 1 is 1.32 bits per heavy atom. The van der Waals surface area contributed by atoms with E-state index in [1.54, 1.807) is 0 Å². The number of aryl methyl sites for hydroxylation is 3. The lowest BCUT2D eigenvalue weighted by atomic mass is 10.1. The normalized spacial score (nSPS) is 10.8. The maximum absolute atomic E-state index is 5.71. The van der Waals surface area contributed by atoms with Crippen LogP contribution < -0.4 is 10.6 Å². The van der Waals surface area contributed by atoms with Crippen molar-refractivity contribution in [2.45, 2.75) is 20.3 Å². The van der Waals surface area contributed by atoms with Crippen molar-refractivity contribution in [2.24, 2.45) is 12.8 Å². The molecule has 1 aromatic carbocycles. The van der Waals surface area contributed by atoms with Crippen LogP contribution in [0.1, 0.15) is 16.8 Å². The maximum atomic E-state index is 5.71. The summed E-state index contributed by atoms with van der Waals surface area (Å²) in [5.41, 5.74) is 10.4. The predicted molar refractivity (Wildman–Crippen MR) is 79.9 cm³/mol. The average molecular weight is 258 g/mol. The molecule has 2 rings (SSSR count). The summed E-state index contributed by atoms with van der Waals surface area (Å²) < 4.78 is 1.93. The van der Waals surface area contributed by atoms with Crippen LogP contribution in [0.4, 0.5) is 11.5 Å². The van der Waals surface area contributed by atoms with Crippen molar-refractivity contribution < 1.29 is 0 Å². The fraction of sp³-hybridized carbons (Fsp3) is 0.400. The third-order valence-electron chi connectivity index (χ3n) is 3.41. The molecule has 0 fully saturated rings. The molecule has 0 saturated heterocycles. The molecule has 102 valence electrons. The Hall–Kier alpha value is -1.81. The highest BCUT2D eigenvalue weighted by atomic mass is 15.4. The van der Waals surface area contributed by atoms with E-state index in [1.807, 2.05) is 18.7 Å². The molecule has 2 N–H and O–H groups in total. The van der Waals surface area contributed by atoms with E-state index in [0.717, 1.165) is 17.9 Å². The zero-order valence-electron chi connectivity index (χ0n) is 12.1. The van der Waals surface area contributed by atoms with Crippen LogP contribution in [0.3, 0.4) is 0 Å². The molecule has 2 aromatic rings. The number of rotatable bonds is 4. The van der Waals surface area contributed by atoms with Gasteiger partial charge in [-0.1, -0.05) is 12.1 Å². The van der Waals surface area contributed by atoms with E-state index in [0.29, 0.717) is 6.54 Å². The van der Waals surface area contributed by atoms with Gasteiger partial charge in [-0.3, -0.25) is 4.68 Å². The van der Waals surface area contributed by atoms with Crippen LogP contribution in [-0.2, 0) is 13.5 Å². The van der Waals surface area contributed by atoms with Crippen molar-refractivity contribution in [1.82, 2.24) is 9.78 Å². The number of aromatic nitrogens is 2. The van der Waals surface area contributed by atoms with Crippen LogP contribution >= 0.6 is 0 Å². The Bertz CT molecular complexity index is 572. The first-order valence-corrected chi connectivity index (χ1v) is 6.57. The zero-order chi connectivity index (χ0) is 14.0. The van der Waals surface area contributed by atoms with Crippen LogP contribution in [-0.4, -0.2) is 23.4 Å². The Balaban J connectivity index is 2.46. The van der Waals surface area contributed by atoms with Crippen LogP contribution in [0, 0.1) is 13.8 Å². The molecule has 0 unspecified atom stereocenters. The van der Waals surface area contributed by atoms with Gasteiger partial charge in [-0.05, 0) is 44.5 Å². The molecular formula is C15H22N4. The summed E-state index contributed by atoms with van der Waals surface area (Å²) >= 11 is 0. The second-order valence-corrected chi connectivity index (χ2v) is 4.95. The quantitative estimate of drug-likeness (QED) is 0.915. The van der Waals surface area contributed by atoms with E-state index in [4.69, 9.17) is 5.73 Å². The summed E-state index contributed by atoms with van der Waals surface area (Å²) in [5.74, 6) is 1.12. The van der Waals surface area contributed by atoms with Crippen LogP contribution in [0.15, 0.2) is 24.3 Å². The Morgan fingerprint density at radius 2 is 2.05 bits per heavy atom. The van der Waals surface area contributed by atoms with Gasteiger partial charge in [0.2, 0.25) is 0 Å². The third-order valence-corrected chi connectivity index (χ3v) is 3.41. The first kappa shape index (κ1) is 13.6. The second-order valence-electron chi connectivity index (χ2n) is 4.95. The maximum Gasteiger partial charge on any atom is 0.134 e. The van der Waals surface area contributed by atoms with Crippen LogP contribution in [0.5, 0.6) is 0 Å². The minimum Gasteiger partial charge on any atom is -0.330 e. The minimum atomic E-state index is 0.640. The van der Waals surface area contributed by atoms with Gasteiger partial charge in [0.1, 0.15) is 5.82 Å². The van der Waals surface area contributed by atoms with E-state index in [-0.39, 0.29) is 0 Å². The van der Waals surface area contributed by atoms with E-state index in [1.165, 1.54) is 16.8 Å². The number of nitrogens with two attached hydrogens (primary N) is 1. The van der Waals surface area contributed by atoms with Gasteiger partial charge in [-0.25, -0.2) is 0 Å². The van der Waals surface area contributed by atoms with E-state index in [9.17, 15) is 0 Å². The van der Waals surface area contributed by atoms with Crippen molar-refractivity contribution in [2.75, 3.05) is 18.5 Å². The predicted octanol–water partition coefficient (Wildman–Crippen LogP) is 2.31. The summed E-state index contributed by atoms with van der Waals surface area (Å²) in [6, 6.07) is 8.47. The number of hydrogen-bond donors (Lipinski definition) is 1. The van der Waals surface area contributed by atoms with Crippen molar-refractivity contribution in [3.8, 4) is 0 Å². The molecular weight excluding hydrogens is 236 g/mol. The molecule has 1 aromatic heterocycles. The highest BCUT2D eigenvalue weighted by Gasteiger charge is 2.17. The molecule has 0 bridgehead atoms. The molecule has 0 spiro atoms. The largest absolute Gasteiger partial charge is 0.330 e. The highest BCUT2D eigenvalue weighted by molar-refractivity contribution is 5.64. The second kappa shape index (κ2) is 5.45. The summed E-state index contributed by atoms with van der Waals surface area (Å²) in [7, 11) is 4.06. The van der Waals surface area contributed by atoms with Crippen molar-refractivity contribution in [1.29, 1.82) is 0 Å². The first-order chi connectivity index (χ1) is 9.04. The van der Waals surface area contributed by atoms with Gasteiger partial charge < -0.3 is 10.6 Å². The number of anilines is 2. The summed E-state index contributed by atoms with van der Waals surface area (Å²) in [6.07, 6.45) is 0.852. The molecule has 0 aliphatic heterocycles. The molecule has 4 nitrogen and oxygen atoms in total. The fourth-order valence-corrected chi connectivity index (χ4v) is 2.51. The molecule has 4 heteroatoms. The zero-order valence-corrected chi connectivity index (χ0v) is 12.1. The molecule has 0 radical (unpaired) electrons. The fourth-order valence-electron chi connectivity index (χ4n) is 2.51. The van der Waals surface area contributed by atoms with Gasteiger partial charge >= 0.3 is 0 Å². The molecule has 0 aliphatic carbocycles. The van der Waals surface area contributed by atoms with Crippen LogP contribution in [0.2, 0.25) is 0 Å². The van der Waals surface area contributed by atoms with Crippen molar-refractivity contribution in [3.63, 3.8) is 0 Å². The lowest BCUT2D eigenvalue weighted by molar-refractivity contribution is 0.750. The SMILES string of the molecule is Cc1cccc(N(C)c2c(CCN)c(C)nn2C)c1. The Kier molecular flexibility index (Phi) is 3.90. The minimum absolute atomic E-state index is 0.640. The Morgan fingerprint density at radius 3 is 2.68 bits per heavy atom. The van der Waals surface area contributed by atoms with Gasteiger partial charge in [-0.15, -0.1) is 0 Å². The highest BCUT2D eigenvalue weighted by Crippen LogP contribution is 2.29. The number of hydrogen-bond acceptors (Lipinski definition) is 3. The topological polar surface area (TPSA) is 47.1 Å². The monoisotopic (exact) mass is 258 g/mol. The Labute approximate surface area is 114 Å². The van der Waals surface area contributed by atoms with Gasteiger partial charge in [-0.2, -0.15) is 5.10 Å². The first-order valence-electron chi connectivity index (χ1n) is 6.57. The third kappa shape index (κ3) is 2.63. The summed E-state index contributed by atoms with van der Waals surface area (Å²) in [6.45, 7) is 4.78. The lowest BCUT2D eigenvalue weighted by Crippen LogP contribution is -2.16. The number of benzene rings is 1. The standard InChI is InChI=1S/C15H22N4/c1-11-6-5-7-13(10-11)18(3)15-14(8-9-16)12(2)17-19(15)4/h5-7,10H,8-9,16H2,1-4H3. The van der Waals surface area contributed by atoms with Crippen LogP contribution in [0.25, 0.3) is 0 Å². The van der Waals surface area contributed by atoms with Gasteiger partial charge in [0.05, 0.1) is 5.69 Å². The molecule has 0 amide bonds. The van der Waals surface area contributed by atoms with Crippen molar-refractivity contribution in [3.05, 3.63) is 41.1 Å². The smallest absolute Gasteiger partial charge is 0.134 e.